The average molecular weight is 326 g/mol. The number of hydrogen-bond acceptors (Lipinski definition) is 5. The van der Waals surface area contributed by atoms with Crippen molar-refractivity contribution in [3.05, 3.63) is 17.0 Å². The minimum Gasteiger partial charge on any atom is -0.480 e. The highest BCUT2D eigenvalue weighted by atomic mass is 16.5. The summed E-state index contributed by atoms with van der Waals surface area (Å²) in [6, 6.07) is -0.950. The number of carboxylic acids is 1. The number of carbonyl (C=O) groups is 2. The predicted octanol–water partition coefficient (Wildman–Crippen LogP) is 2.00. The standard InChI is InChI=1S/C16H26N2O5/c1-10-12(11(2)23-18-10)6-7-14(19)17-13(15(20)21)8-9-22-16(3,4)5/h13H,6-9H2,1-5H3,(H,17,19)(H,20,21). The summed E-state index contributed by atoms with van der Waals surface area (Å²) in [5, 5.41) is 15.6. The van der Waals surface area contributed by atoms with Crippen LogP contribution in [0.1, 0.15) is 50.6 Å². The molecule has 0 radical (unpaired) electrons. The summed E-state index contributed by atoms with van der Waals surface area (Å²) in [5.41, 5.74) is 1.31. The zero-order valence-corrected chi connectivity index (χ0v) is 14.4. The first kappa shape index (κ1) is 19.2. The highest BCUT2D eigenvalue weighted by Crippen LogP contribution is 2.14. The molecule has 130 valence electrons. The number of ether oxygens (including phenoxy) is 1. The van der Waals surface area contributed by atoms with Crippen molar-refractivity contribution >= 4 is 11.9 Å². The van der Waals surface area contributed by atoms with Gasteiger partial charge in [0.15, 0.2) is 0 Å². The molecule has 1 aromatic heterocycles. The maximum absolute atomic E-state index is 12.0. The molecule has 1 aromatic rings. The monoisotopic (exact) mass is 326 g/mol. The molecule has 0 bridgehead atoms. The van der Waals surface area contributed by atoms with Crippen LogP contribution in [0, 0.1) is 13.8 Å². The minimum absolute atomic E-state index is 0.187. The molecule has 0 aliphatic rings. The van der Waals surface area contributed by atoms with Crippen LogP contribution < -0.4 is 5.32 Å². The Morgan fingerprint density at radius 1 is 1.35 bits per heavy atom. The Kier molecular flexibility index (Phi) is 6.75. The lowest BCUT2D eigenvalue weighted by molar-refractivity contribution is -0.142. The molecule has 0 aromatic carbocycles. The molecule has 1 heterocycles. The van der Waals surface area contributed by atoms with Crippen LogP contribution in [0.4, 0.5) is 0 Å². The number of rotatable bonds is 8. The minimum atomic E-state index is -1.06. The molecule has 23 heavy (non-hydrogen) atoms. The quantitative estimate of drug-likeness (QED) is 0.757. The van der Waals surface area contributed by atoms with Crippen molar-refractivity contribution in [1.82, 2.24) is 10.5 Å². The fourth-order valence-corrected chi connectivity index (χ4v) is 2.10. The number of carboxylic acid groups (broad SMARTS) is 1. The van der Waals surface area contributed by atoms with Gasteiger partial charge in [-0.3, -0.25) is 4.79 Å². The van der Waals surface area contributed by atoms with Crippen LogP contribution >= 0.6 is 0 Å². The van der Waals surface area contributed by atoms with Crippen molar-refractivity contribution in [2.45, 2.75) is 65.5 Å². The van der Waals surface area contributed by atoms with Crippen molar-refractivity contribution < 1.29 is 24.0 Å². The molecule has 0 saturated heterocycles. The van der Waals surface area contributed by atoms with Gasteiger partial charge in [-0.2, -0.15) is 0 Å². The number of nitrogens with zero attached hydrogens (tertiary/aromatic N) is 1. The van der Waals surface area contributed by atoms with Gasteiger partial charge >= 0.3 is 5.97 Å². The maximum Gasteiger partial charge on any atom is 0.326 e. The highest BCUT2D eigenvalue weighted by molar-refractivity contribution is 5.83. The number of aliphatic carboxylic acids is 1. The number of aryl methyl sites for hydroxylation is 2. The van der Waals surface area contributed by atoms with Gasteiger partial charge < -0.3 is 19.7 Å². The van der Waals surface area contributed by atoms with E-state index < -0.39 is 12.0 Å². The van der Waals surface area contributed by atoms with E-state index in [-0.39, 0.29) is 31.0 Å². The number of carbonyl (C=O) groups excluding carboxylic acids is 1. The number of nitrogens with one attached hydrogen (secondary N) is 1. The van der Waals surface area contributed by atoms with Crippen LogP contribution in [0.5, 0.6) is 0 Å². The molecular formula is C16H26N2O5. The molecule has 0 spiro atoms. The van der Waals surface area contributed by atoms with Gasteiger partial charge in [0.1, 0.15) is 11.8 Å². The van der Waals surface area contributed by atoms with E-state index in [1.54, 1.807) is 6.92 Å². The first-order chi connectivity index (χ1) is 10.6. The topological polar surface area (TPSA) is 102 Å². The lowest BCUT2D eigenvalue weighted by atomic mass is 10.1. The molecule has 0 fully saturated rings. The van der Waals surface area contributed by atoms with E-state index in [0.29, 0.717) is 12.2 Å². The highest BCUT2D eigenvalue weighted by Gasteiger charge is 2.21. The van der Waals surface area contributed by atoms with E-state index in [1.807, 2.05) is 27.7 Å². The van der Waals surface area contributed by atoms with Crippen LogP contribution in [0.2, 0.25) is 0 Å². The smallest absolute Gasteiger partial charge is 0.326 e. The van der Waals surface area contributed by atoms with E-state index in [4.69, 9.17) is 9.26 Å². The Labute approximate surface area is 136 Å². The Hall–Kier alpha value is -1.89. The Bertz CT molecular complexity index is 526. The van der Waals surface area contributed by atoms with Crippen molar-refractivity contribution in [3.8, 4) is 0 Å². The van der Waals surface area contributed by atoms with E-state index in [1.165, 1.54) is 0 Å². The Morgan fingerprint density at radius 3 is 2.48 bits per heavy atom. The van der Waals surface area contributed by atoms with Crippen LogP contribution in [0.15, 0.2) is 4.52 Å². The van der Waals surface area contributed by atoms with Crippen molar-refractivity contribution in [1.29, 1.82) is 0 Å². The molecule has 0 saturated carbocycles. The molecule has 1 amide bonds. The normalized spacial score (nSPS) is 12.9. The number of hydrogen-bond donors (Lipinski definition) is 2. The molecule has 1 atom stereocenters. The van der Waals surface area contributed by atoms with Crippen LogP contribution in [0.3, 0.4) is 0 Å². The third-order valence-corrected chi connectivity index (χ3v) is 3.36. The second-order valence-corrected chi connectivity index (χ2v) is 6.51. The van der Waals surface area contributed by atoms with E-state index in [9.17, 15) is 14.7 Å². The van der Waals surface area contributed by atoms with Gasteiger partial charge in [0.2, 0.25) is 5.91 Å². The zero-order chi connectivity index (χ0) is 17.6. The summed E-state index contributed by atoms with van der Waals surface area (Å²) in [6.07, 6.45) is 0.883. The third-order valence-electron chi connectivity index (χ3n) is 3.36. The Morgan fingerprint density at radius 2 is 2.00 bits per heavy atom. The first-order valence-electron chi connectivity index (χ1n) is 7.68. The van der Waals surface area contributed by atoms with Gasteiger partial charge in [0.25, 0.3) is 0 Å². The fraction of sp³-hybridized carbons (Fsp3) is 0.688. The predicted molar refractivity (Wildman–Crippen MR) is 84.2 cm³/mol. The summed E-state index contributed by atoms with van der Waals surface area (Å²) in [7, 11) is 0. The molecule has 7 heteroatoms. The molecule has 1 unspecified atom stereocenters. The zero-order valence-electron chi connectivity index (χ0n) is 14.4. The van der Waals surface area contributed by atoms with Gasteiger partial charge in [-0.25, -0.2) is 4.79 Å². The lowest BCUT2D eigenvalue weighted by Gasteiger charge is -2.21. The second-order valence-electron chi connectivity index (χ2n) is 6.51. The van der Waals surface area contributed by atoms with Gasteiger partial charge in [-0.1, -0.05) is 5.16 Å². The summed E-state index contributed by atoms with van der Waals surface area (Å²) in [5.74, 6) is -0.690. The van der Waals surface area contributed by atoms with E-state index >= 15 is 0 Å². The fourth-order valence-electron chi connectivity index (χ4n) is 2.10. The number of amides is 1. The second kappa shape index (κ2) is 8.10. The number of aromatic nitrogens is 1. The summed E-state index contributed by atoms with van der Waals surface area (Å²) >= 11 is 0. The van der Waals surface area contributed by atoms with Crippen LogP contribution in [0.25, 0.3) is 0 Å². The van der Waals surface area contributed by atoms with Gasteiger partial charge in [-0.15, -0.1) is 0 Å². The van der Waals surface area contributed by atoms with Gasteiger partial charge in [0.05, 0.1) is 11.3 Å². The van der Waals surface area contributed by atoms with Crippen molar-refractivity contribution in [2.24, 2.45) is 0 Å². The molecule has 0 aliphatic carbocycles. The SMILES string of the molecule is Cc1noc(C)c1CCC(=O)NC(CCOC(C)(C)C)C(=O)O. The van der Waals surface area contributed by atoms with Gasteiger partial charge in [0, 0.05) is 25.0 Å². The lowest BCUT2D eigenvalue weighted by Crippen LogP contribution is -2.42. The summed E-state index contributed by atoms with van der Waals surface area (Å²) < 4.78 is 10.5. The van der Waals surface area contributed by atoms with E-state index in [2.05, 4.69) is 10.5 Å². The molecular weight excluding hydrogens is 300 g/mol. The van der Waals surface area contributed by atoms with E-state index in [0.717, 1.165) is 11.3 Å². The van der Waals surface area contributed by atoms with Gasteiger partial charge in [-0.05, 0) is 41.0 Å². The summed E-state index contributed by atoms with van der Waals surface area (Å²) in [4.78, 5) is 23.2. The third kappa shape index (κ3) is 6.81. The van der Waals surface area contributed by atoms with Crippen LogP contribution in [-0.2, 0) is 20.7 Å². The summed E-state index contributed by atoms with van der Waals surface area (Å²) in [6.45, 7) is 9.55. The van der Waals surface area contributed by atoms with Crippen LogP contribution in [-0.4, -0.2) is 40.4 Å². The maximum atomic E-state index is 12.0. The first-order valence-corrected chi connectivity index (χ1v) is 7.68. The average Bonchev–Trinajstić information content (AvgIpc) is 2.73. The molecule has 2 N–H and O–H groups in total. The molecule has 0 aliphatic heterocycles. The largest absolute Gasteiger partial charge is 0.480 e. The Balaban J connectivity index is 2.46. The van der Waals surface area contributed by atoms with Crippen molar-refractivity contribution in [2.75, 3.05) is 6.61 Å². The molecule has 1 rings (SSSR count). The molecule has 7 nitrogen and oxygen atoms in total. The van der Waals surface area contributed by atoms with Crippen molar-refractivity contribution in [3.63, 3.8) is 0 Å².